The average Bonchev–Trinajstić information content (AvgIpc) is 2.44. The van der Waals surface area contributed by atoms with Crippen molar-refractivity contribution in [3.05, 3.63) is 0 Å². The molecule has 0 aliphatic rings. The van der Waals surface area contributed by atoms with Gasteiger partial charge in [0, 0.05) is 0 Å². The minimum Gasteiger partial charge on any atom is -0.477 e. The molecule has 0 rings (SSSR count). The predicted octanol–water partition coefficient (Wildman–Crippen LogP) is 5.50. The number of carboxylic acid groups (broad SMARTS) is 1. The van der Waals surface area contributed by atoms with Gasteiger partial charge in [-0.15, -0.1) is 12.4 Å². The molecule has 0 aromatic carbocycles. The van der Waals surface area contributed by atoms with E-state index in [1.807, 2.05) is 0 Å². The summed E-state index contributed by atoms with van der Waals surface area (Å²) in [6.07, 6.45) is -7.83. The monoisotopic (exact) mass is 500 g/mol. The van der Waals surface area contributed by atoms with Gasteiger partial charge in [-0.25, -0.2) is 4.79 Å². The minimum atomic E-state index is -8.76. The Kier molecular flexibility index (Phi) is 7.26. The number of carbonyl (C=O) groups is 1. The Labute approximate surface area is 152 Å². The number of rotatable bonds is 7. The maximum Gasteiger partial charge on any atom is 0.460 e. The Hall–Kier alpha value is -1.43. The van der Waals surface area contributed by atoms with Crippen molar-refractivity contribution in [1.82, 2.24) is 0 Å². The summed E-state index contributed by atoms with van der Waals surface area (Å²) in [7, 11) is 0. The number of halogens is 18. The van der Waals surface area contributed by atoms with Crippen LogP contribution in [0.2, 0.25) is 0 Å². The molecule has 0 saturated carbocycles. The van der Waals surface area contributed by atoms with Crippen LogP contribution in [0.15, 0.2) is 0 Å². The lowest BCUT2D eigenvalue weighted by Gasteiger charge is -2.42. The molecule has 0 spiro atoms. The first-order chi connectivity index (χ1) is 11.7. The summed E-state index contributed by atoms with van der Waals surface area (Å²) in [5, 5.41) is 7.59. The molecule has 1 N–H and O–H groups in total. The number of hydrogen-bond donors (Lipinski definition) is 1. The molecule has 29 heavy (non-hydrogen) atoms. The van der Waals surface area contributed by atoms with Crippen molar-refractivity contribution in [1.29, 1.82) is 0 Å². The topological polar surface area (TPSA) is 37.3 Å². The van der Waals surface area contributed by atoms with Crippen LogP contribution in [-0.4, -0.2) is 58.7 Å². The quantitative estimate of drug-likeness (QED) is 0.469. The van der Waals surface area contributed by atoms with E-state index in [1.54, 1.807) is 0 Å². The molecule has 0 radical (unpaired) electrons. The first kappa shape index (κ1) is 29.8. The Morgan fingerprint density at radius 2 is 0.655 bits per heavy atom. The van der Waals surface area contributed by atoms with E-state index in [9.17, 15) is 79.4 Å². The Bertz CT molecular complexity index is 621. The highest BCUT2D eigenvalue weighted by molar-refractivity contribution is 5.85. The Morgan fingerprint density at radius 1 is 0.448 bits per heavy atom. The fourth-order valence-corrected chi connectivity index (χ4v) is 1.30. The molecule has 0 aliphatic heterocycles. The first-order valence-electron chi connectivity index (χ1n) is 5.64. The van der Waals surface area contributed by atoms with Crippen molar-refractivity contribution in [2.45, 2.75) is 47.6 Å². The van der Waals surface area contributed by atoms with Crippen LogP contribution in [0, 0.1) is 0 Å². The largest absolute Gasteiger partial charge is 0.477 e. The van der Waals surface area contributed by atoms with E-state index in [4.69, 9.17) is 5.11 Å². The van der Waals surface area contributed by atoms with Crippen LogP contribution < -0.4 is 0 Å². The van der Waals surface area contributed by atoms with Gasteiger partial charge in [-0.1, -0.05) is 0 Å². The van der Waals surface area contributed by atoms with Crippen LogP contribution in [0.3, 0.4) is 0 Å². The number of aliphatic carboxylic acids is 1. The Balaban J connectivity index is 0. The van der Waals surface area contributed by atoms with Crippen LogP contribution in [0.1, 0.15) is 0 Å². The minimum absolute atomic E-state index is 0. The molecule has 20 heteroatoms. The van der Waals surface area contributed by atoms with Crippen molar-refractivity contribution in [2.75, 3.05) is 0 Å². The van der Waals surface area contributed by atoms with E-state index in [2.05, 4.69) is 0 Å². The van der Waals surface area contributed by atoms with Gasteiger partial charge in [-0.05, 0) is 0 Å². The molecular weight excluding hydrogens is 499 g/mol. The fourth-order valence-electron chi connectivity index (χ4n) is 1.30. The van der Waals surface area contributed by atoms with Crippen LogP contribution in [0.5, 0.6) is 0 Å². The maximum atomic E-state index is 13.0. The van der Waals surface area contributed by atoms with Crippen LogP contribution in [0.4, 0.5) is 74.6 Å². The predicted molar refractivity (Wildman–Crippen MR) is 55.6 cm³/mol. The SMILES string of the molecule is Cl.O=C(O)C(F)(F)C(F)(F)C(F)(F)C(F)(F)C(F)(F)C(F)(F)C(F)(F)C(F)(F)F. The van der Waals surface area contributed by atoms with Gasteiger partial charge in [-0.2, -0.15) is 74.6 Å². The summed E-state index contributed by atoms with van der Waals surface area (Å²) in [4.78, 5) is 9.77. The lowest BCUT2D eigenvalue weighted by atomic mass is 9.89. The van der Waals surface area contributed by atoms with Crippen molar-refractivity contribution >= 4 is 18.4 Å². The normalized spacial score (nSPS) is 15.8. The third kappa shape index (κ3) is 3.51. The maximum absolute atomic E-state index is 13.0. The van der Waals surface area contributed by atoms with Crippen molar-refractivity contribution in [3.8, 4) is 0 Å². The summed E-state index contributed by atoms with van der Waals surface area (Å²) in [6.45, 7) is 0. The molecule has 0 saturated heterocycles. The van der Waals surface area contributed by atoms with E-state index >= 15 is 0 Å². The van der Waals surface area contributed by atoms with Crippen LogP contribution >= 0.6 is 12.4 Å². The molecule has 0 aromatic rings. The summed E-state index contributed by atoms with van der Waals surface area (Å²) in [6, 6.07) is 0. The molecule has 0 amide bonds. The lowest BCUT2D eigenvalue weighted by Crippen LogP contribution is -2.75. The molecule has 0 heterocycles. The zero-order valence-corrected chi connectivity index (χ0v) is 13.0. The zero-order valence-electron chi connectivity index (χ0n) is 12.2. The third-order valence-electron chi connectivity index (χ3n) is 2.99. The summed E-state index contributed by atoms with van der Waals surface area (Å²) in [5.74, 6) is -62.9. The highest BCUT2D eigenvalue weighted by atomic mass is 35.5. The Morgan fingerprint density at radius 3 is 0.862 bits per heavy atom. The first-order valence-corrected chi connectivity index (χ1v) is 5.64. The molecular formula is C9H2ClF17O2. The van der Waals surface area contributed by atoms with Crippen molar-refractivity contribution < 1.29 is 84.5 Å². The summed E-state index contributed by atoms with van der Waals surface area (Å²) in [5.41, 5.74) is 0. The van der Waals surface area contributed by atoms with Gasteiger partial charge in [-0.3, -0.25) is 0 Å². The second-order valence-corrected chi connectivity index (χ2v) is 4.82. The number of hydrogen-bond acceptors (Lipinski definition) is 1. The molecule has 0 bridgehead atoms. The zero-order chi connectivity index (χ0) is 23.6. The second kappa shape index (κ2) is 7.07. The van der Waals surface area contributed by atoms with Crippen LogP contribution in [0.25, 0.3) is 0 Å². The molecule has 2 nitrogen and oxygen atoms in total. The molecule has 176 valence electrons. The standard InChI is InChI=1S/C9HF17O2.ClH/c10-2(11,1(27)28)3(12,13)4(14,15)5(16,17)6(18,19)7(20,21)8(22,23)9(24,25)26;/h(H,27,28);1H. The van der Waals surface area contributed by atoms with E-state index in [-0.39, 0.29) is 12.4 Å². The van der Waals surface area contributed by atoms with E-state index < -0.39 is 53.6 Å². The third-order valence-corrected chi connectivity index (χ3v) is 2.99. The van der Waals surface area contributed by atoms with Gasteiger partial charge in [0.25, 0.3) is 0 Å². The second-order valence-electron chi connectivity index (χ2n) is 4.82. The highest BCUT2D eigenvalue weighted by Gasteiger charge is 2.95. The summed E-state index contributed by atoms with van der Waals surface area (Å²) < 4.78 is 214. The van der Waals surface area contributed by atoms with Crippen molar-refractivity contribution in [2.24, 2.45) is 0 Å². The van der Waals surface area contributed by atoms with E-state index in [1.165, 1.54) is 0 Å². The van der Waals surface area contributed by atoms with E-state index in [0.29, 0.717) is 0 Å². The molecule has 0 aliphatic carbocycles. The van der Waals surface area contributed by atoms with Gasteiger partial charge in [0.05, 0.1) is 0 Å². The van der Waals surface area contributed by atoms with Gasteiger partial charge in [0.15, 0.2) is 0 Å². The smallest absolute Gasteiger partial charge is 0.460 e. The molecule has 0 unspecified atom stereocenters. The number of alkyl halides is 17. The van der Waals surface area contributed by atoms with Gasteiger partial charge in [0.1, 0.15) is 0 Å². The van der Waals surface area contributed by atoms with Crippen LogP contribution in [-0.2, 0) is 4.79 Å². The lowest BCUT2D eigenvalue weighted by molar-refractivity contribution is -0.459. The molecule has 0 aromatic heterocycles. The average molecular weight is 501 g/mol. The molecule has 0 atom stereocenters. The molecule has 0 fully saturated rings. The summed E-state index contributed by atoms with van der Waals surface area (Å²) >= 11 is 0. The number of carboxylic acids is 1. The van der Waals surface area contributed by atoms with Crippen molar-refractivity contribution in [3.63, 3.8) is 0 Å². The van der Waals surface area contributed by atoms with Gasteiger partial charge in [0.2, 0.25) is 0 Å². The van der Waals surface area contributed by atoms with Gasteiger partial charge < -0.3 is 5.11 Å². The van der Waals surface area contributed by atoms with Gasteiger partial charge >= 0.3 is 53.6 Å². The van der Waals surface area contributed by atoms with E-state index in [0.717, 1.165) is 0 Å². The fraction of sp³-hybridized carbons (Fsp3) is 0.889. The highest BCUT2D eigenvalue weighted by Crippen LogP contribution is 2.63.